The molecule has 0 spiro atoms. The zero-order chi connectivity index (χ0) is 18.9. The molecule has 1 aromatic rings. The van der Waals surface area contributed by atoms with Gasteiger partial charge < -0.3 is 24.8 Å². The molecule has 0 aliphatic heterocycles. The highest BCUT2D eigenvalue weighted by atomic mass is 16.5. The lowest BCUT2D eigenvalue weighted by Gasteiger charge is -2.23. The Morgan fingerprint density at radius 1 is 1.31 bits per heavy atom. The summed E-state index contributed by atoms with van der Waals surface area (Å²) in [7, 11) is 1.55. The van der Waals surface area contributed by atoms with Gasteiger partial charge in [0.25, 0.3) is 5.91 Å². The number of aliphatic hydroxyl groups is 1. The van der Waals surface area contributed by atoms with Gasteiger partial charge in [0, 0.05) is 19.0 Å². The maximum Gasteiger partial charge on any atom is 0.260 e. The van der Waals surface area contributed by atoms with E-state index in [1.807, 2.05) is 19.1 Å². The molecule has 0 saturated heterocycles. The molecule has 1 saturated carbocycles. The predicted octanol–water partition coefficient (Wildman–Crippen LogP) is 1.34. The van der Waals surface area contributed by atoms with Crippen molar-refractivity contribution in [3.8, 4) is 11.5 Å². The van der Waals surface area contributed by atoms with Crippen LogP contribution in [0.2, 0.25) is 0 Å². The largest absolute Gasteiger partial charge is 0.493 e. The van der Waals surface area contributed by atoms with Crippen molar-refractivity contribution in [2.45, 2.75) is 44.7 Å². The second kappa shape index (κ2) is 10.0. The Morgan fingerprint density at radius 3 is 2.58 bits per heavy atom. The highest BCUT2D eigenvalue weighted by Crippen LogP contribution is 2.28. The molecule has 1 fully saturated rings. The minimum absolute atomic E-state index is 0.0831. The Balaban J connectivity index is 1.84. The summed E-state index contributed by atoms with van der Waals surface area (Å²) in [6.07, 6.45) is 2.79. The number of methoxy groups -OCH3 is 1. The Hall–Kier alpha value is -2.28. The van der Waals surface area contributed by atoms with E-state index in [1.54, 1.807) is 24.1 Å². The number of ether oxygens (including phenoxy) is 2. The van der Waals surface area contributed by atoms with Crippen LogP contribution in [-0.4, -0.2) is 60.8 Å². The maximum atomic E-state index is 12.5. The number of carbonyl (C=O) groups excluding carboxylic acids is 2. The first-order valence-electron chi connectivity index (χ1n) is 9.04. The molecule has 144 valence electrons. The van der Waals surface area contributed by atoms with Crippen molar-refractivity contribution in [3.63, 3.8) is 0 Å². The number of nitrogens with one attached hydrogen (secondary N) is 1. The summed E-state index contributed by atoms with van der Waals surface area (Å²) in [5.41, 5.74) is 0. The first-order valence-corrected chi connectivity index (χ1v) is 9.04. The molecule has 0 bridgehead atoms. The average Bonchev–Trinajstić information content (AvgIpc) is 3.49. The van der Waals surface area contributed by atoms with Gasteiger partial charge in [-0.3, -0.25) is 9.59 Å². The van der Waals surface area contributed by atoms with Crippen LogP contribution in [0.5, 0.6) is 11.5 Å². The fourth-order valence-corrected chi connectivity index (χ4v) is 2.66. The predicted molar refractivity (Wildman–Crippen MR) is 97.1 cm³/mol. The van der Waals surface area contributed by atoms with Crippen LogP contribution in [0, 0.1) is 0 Å². The van der Waals surface area contributed by atoms with Gasteiger partial charge in [-0.05, 0) is 31.4 Å². The van der Waals surface area contributed by atoms with Crippen molar-refractivity contribution in [2.75, 3.05) is 26.9 Å². The fourth-order valence-electron chi connectivity index (χ4n) is 2.66. The monoisotopic (exact) mass is 364 g/mol. The standard InChI is InChI=1S/C19H28N2O5/c1-3-14(12-22)20-18(23)10-11-21(15-8-9-15)19(24)13-26-17-7-5-4-6-16(17)25-2/h4-7,14-15,22H,3,8-13H2,1-2H3,(H,20,23). The molecule has 1 aliphatic carbocycles. The number of rotatable bonds is 11. The van der Waals surface area contributed by atoms with Crippen molar-refractivity contribution in [1.82, 2.24) is 10.2 Å². The average molecular weight is 364 g/mol. The van der Waals surface area contributed by atoms with Gasteiger partial charge in [-0.25, -0.2) is 0 Å². The van der Waals surface area contributed by atoms with E-state index in [1.165, 1.54) is 0 Å². The quantitative estimate of drug-likeness (QED) is 0.619. The molecule has 26 heavy (non-hydrogen) atoms. The summed E-state index contributed by atoms with van der Waals surface area (Å²) in [6.45, 7) is 2.08. The van der Waals surface area contributed by atoms with Gasteiger partial charge in [0.05, 0.1) is 19.8 Å². The number of hydrogen-bond donors (Lipinski definition) is 2. The number of hydrogen-bond acceptors (Lipinski definition) is 5. The van der Waals surface area contributed by atoms with E-state index >= 15 is 0 Å². The summed E-state index contributed by atoms with van der Waals surface area (Å²) < 4.78 is 10.8. The Bertz CT molecular complexity index is 599. The summed E-state index contributed by atoms with van der Waals surface area (Å²) >= 11 is 0. The van der Waals surface area contributed by atoms with Crippen molar-refractivity contribution in [2.24, 2.45) is 0 Å². The van der Waals surface area contributed by atoms with Crippen LogP contribution in [0.15, 0.2) is 24.3 Å². The highest BCUT2D eigenvalue weighted by molar-refractivity contribution is 5.80. The summed E-state index contributed by atoms with van der Waals surface area (Å²) in [6, 6.07) is 7.13. The number of para-hydroxylation sites is 2. The zero-order valence-corrected chi connectivity index (χ0v) is 15.4. The van der Waals surface area contributed by atoms with Crippen molar-refractivity contribution in [3.05, 3.63) is 24.3 Å². The van der Waals surface area contributed by atoms with E-state index in [2.05, 4.69) is 5.32 Å². The second-order valence-electron chi connectivity index (χ2n) is 6.36. The van der Waals surface area contributed by atoms with E-state index < -0.39 is 0 Å². The van der Waals surface area contributed by atoms with Crippen molar-refractivity contribution >= 4 is 11.8 Å². The van der Waals surface area contributed by atoms with Crippen molar-refractivity contribution < 1.29 is 24.2 Å². The molecule has 2 amide bonds. The third-order valence-electron chi connectivity index (χ3n) is 4.39. The smallest absolute Gasteiger partial charge is 0.260 e. The van der Waals surface area contributed by atoms with Gasteiger partial charge in [0.1, 0.15) is 0 Å². The molecule has 1 unspecified atom stereocenters. The molecule has 0 heterocycles. The molecule has 1 atom stereocenters. The van der Waals surface area contributed by atoms with E-state index in [0.717, 1.165) is 12.8 Å². The third kappa shape index (κ3) is 5.91. The Kier molecular flexibility index (Phi) is 7.72. The highest BCUT2D eigenvalue weighted by Gasteiger charge is 2.33. The number of carbonyl (C=O) groups is 2. The van der Waals surface area contributed by atoms with Gasteiger partial charge in [-0.15, -0.1) is 0 Å². The normalized spacial score (nSPS) is 14.4. The van der Waals surface area contributed by atoms with Gasteiger partial charge in [0.15, 0.2) is 18.1 Å². The Labute approximate surface area is 154 Å². The topological polar surface area (TPSA) is 88.1 Å². The molecule has 1 aliphatic rings. The first-order chi connectivity index (χ1) is 12.6. The van der Waals surface area contributed by atoms with Crippen molar-refractivity contribution in [1.29, 1.82) is 0 Å². The Morgan fingerprint density at radius 2 is 2.00 bits per heavy atom. The maximum absolute atomic E-state index is 12.5. The van der Waals surface area contributed by atoms with Gasteiger partial charge in [-0.1, -0.05) is 19.1 Å². The lowest BCUT2D eigenvalue weighted by molar-refractivity contribution is -0.134. The van der Waals surface area contributed by atoms with Crippen LogP contribution in [-0.2, 0) is 9.59 Å². The first kappa shape index (κ1) is 20.0. The molecular weight excluding hydrogens is 336 g/mol. The molecule has 1 aromatic carbocycles. The second-order valence-corrected chi connectivity index (χ2v) is 6.36. The molecule has 0 radical (unpaired) electrons. The van der Waals surface area contributed by atoms with Crippen LogP contribution >= 0.6 is 0 Å². The van der Waals surface area contributed by atoms with E-state index in [9.17, 15) is 9.59 Å². The summed E-state index contributed by atoms with van der Waals surface area (Å²) in [5, 5.41) is 11.9. The molecule has 7 nitrogen and oxygen atoms in total. The van der Waals surface area contributed by atoms with Gasteiger partial charge >= 0.3 is 0 Å². The number of aliphatic hydroxyl groups excluding tert-OH is 1. The third-order valence-corrected chi connectivity index (χ3v) is 4.39. The van der Waals surface area contributed by atoms with E-state index in [-0.39, 0.29) is 43.5 Å². The molecule has 0 aromatic heterocycles. The number of benzene rings is 1. The van der Waals surface area contributed by atoms with Crippen LogP contribution < -0.4 is 14.8 Å². The van der Waals surface area contributed by atoms with Crippen LogP contribution in [0.1, 0.15) is 32.6 Å². The van der Waals surface area contributed by atoms with Crippen LogP contribution in [0.4, 0.5) is 0 Å². The molecule has 2 N–H and O–H groups in total. The number of nitrogens with zero attached hydrogens (tertiary/aromatic N) is 1. The van der Waals surface area contributed by atoms with Crippen LogP contribution in [0.3, 0.4) is 0 Å². The fraction of sp³-hybridized carbons (Fsp3) is 0.579. The lowest BCUT2D eigenvalue weighted by Crippen LogP contribution is -2.42. The van der Waals surface area contributed by atoms with E-state index in [0.29, 0.717) is 24.5 Å². The minimum Gasteiger partial charge on any atom is -0.493 e. The van der Waals surface area contributed by atoms with Gasteiger partial charge in [0.2, 0.25) is 5.91 Å². The number of amides is 2. The van der Waals surface area contributed by atoms with Crippen LogP contribution in [0.25, 0.3) is 0 Å². The minimum atomic E-state index is -0.235. The molecular formula is C19H28N2O5. The summed E-state index contributed by atoms with van der Waals surface area (Å²) in [5.74, 6) is 0.799. The lowest BCUT2D eigenvalue weighted by atomic mass is 10.2. The van der Waals surface area contributed by atoms with Gasteiger partial charge in [-0.2, -0.15) is 0 Å². The molecule has 2 rings (SSSR count). The molecule has 7 heteroatoms. The SMILES string of the molecule is CCC(CO)NC(=O)CCN(C(=O)COc1ccccc1OC)C1CC1. The summed E-state index contributed by atoms with van der Waals surface area (Å²) in [4.78, 5) is 26.2. The zero-order valence-electron chi connectivity index (χ0n) is 15.4. The van der Waals surface area contributed by atoms with E-state index in [4.69, 9.17) is 14.6 Å².